The molecule has 0 spiro atoms. The molecule has 0 aliphatic heterocycles. The molecule has 19 heavy (non-hydrogen) atoms. The first kappa shape index (κ1) is 15.9. The summed E-state index contributed by atoms with van der Waals surface area (Å²) in [5.41, 5.74) is 1.62. The quantitative estimate of drug-likeness (QED) is 0.642. The summed E-state index contributed by atoms with van der Waals surface area (Å²) in [7, 11) is 1.52. The third-order valence-electron chi connectivity index (χ3n) is 3.49. The van der Waals surface area contributed by atoms with E-state index >= 15 is 0 Å². The van der Waals surface area contributed by atoms with E-state index in [4.69, 9.17) is 10.6 Å². The average Bonchev–Trinajstić information content (AvgIpc) is 2.38. The normalized spacial score (nSPS) is 17.0. The molecule has 0 amide bonds. The molecule has 0 radical (unpaired) electrons. The fourth-order valence-electron chi connectivity index (χ4n) is 1.99. The molecule has 0 aliphatic rings. The molecule has 3 N–H and O–H groups in total. The van der Waals surface area contributed by atoms with E-state index in [0.717, 1.165) is 12.1 Å². The molecule has 2 unspecified atom stereocenters. The van der Waals surface area contributed by atoms with Crippen molar-refractivity contribution in [3.63, 3.8) is 0 Å². The standard InChI is InChI=1S/C13H19F3N2O/c1-4-12(2,19-3)11(18-17)9-6-5-7-10(8-9)13(14,15)16/h5-8,11,18H,4,17H2,1-3H3. The maximum absolute atomic E-state index is 12.7. The zero-order valence-corrected chi connectivity index (χ0v) is 11.2. The predicted octanol–water partition coefficient (Wildman–Crippen LogP) is 3.02. The molecular formula is C13H19F3N2O. The number of rotatable bonds is 5. The molecule has 1 aromatic rings. The van der Waals surface area contributed by atoms with Crippen LogP contribution in [0.4, 0.5) is 13.2 Å². The minimum atomic E-state index is -4.37. The maximum Gasteiger partial charge on any atom is 0.416 e. The van der Waals surface area contributed by atoms with Crippen LogP contribution < -0.4 is 11.3 Å². The van der Waals surface area contributed by atoms with Crippen LogP contribution in [0.25, 0.3) is 0 Å². The van der Waals surface area contributed by atoms with E-state index in [1.807, 2.05) is 6.92 Å². The van der Waals surface area contributed by atoms with Gasteiger partial charge in [-0.05, 0) is 31.0 Å². The Morgan fingerprint density at radius 2 is 2.00 bits per heavy atom. The van der Waals surface area contributed by atoms with Crippen LogP contribution in [-0.2, 0) is 10.9 Å². The second-order valence-electron chi connectivity index (χ2n) is 4.59. The lowest BCUT2D eigenvalue weighted by Crippen LogP contribution is -2.45. The third kappa shape index (κ3) is 3.46. The number of methoxy groups -OCH3 is 1. The van der Waals surface area contributed by atoms with Crippen LogP contribution in [0.3, 0.4) is 0 Å². The van der Waals surface area contributed by atoms with E-state index in [1.54, 1.807) is 13.0 Å². The summed E-state index contributed by atoms with van der Waals surface area (Å²) < 4.78 is 43.5. The first-order valence-corrected chi connectivity index (χ1v) is 5.97. The number of nitrogens with one attached hydrogen (secondary N) is 1. The fraction of sp³-hybridized carbons (Fsp3) is 0.538. The number of benzene rings is 1. The first-order valence-electron chi connectivity index (χ1n) is 5.97. The van der Waals surface area contributed by atoms with Gasteiger partial charge in [-0.1, -0.05) is 19.1 Å². The Morgan fingerprint density at radius 3 is 2.42 bits per heavy atom. The molecule has 0 heterocycles. The second-order valence-corrected chi connectivity index (χ2v) is 4.59. The molecule has 0 aromatic heterocycles. The van der Waals surface area contributed by atoms with Crippen molar-refractivity contribution in [2.45, 2.75) is 38.1 Å². The van der Waals surface area contributed by atoms with Crippen LogP contribution in [-0.4, -0.2) is 12.7 Å². The molecule has 0 saturated heterocycles. The topological polar surface area (TPSA) is 47.3 Å². The number of ether oxygens (including phenoxy) is 1. The predicted molar refractivity (Wildman–Crippen MR) is 67.2 cm³/mol. The first-order chi connectivity index (χ1) is 8.78. The van der Waals surface area contributed by atoms with Gasteiger partial charge in [0.15, 0.2) is 0 Å². The van der Waals surface area contributed by atoms with Gasteiger partial charge in [0, 0.05) is 7.11 Å². The van der Waals surface area contributed by atoms with Gasteiger partial charge in [0.05, 0.1) is 17.2 Å². The van der Waals surface area contributed by atoms with Crippen LogP contribution in [0.1, 0.15) is 37.4 Å². The molecule has 3 nitrogen and oxygen atoms in total. The summed E-state index contributed by atoms with van der Waals surface area (Å²) >= 11 is 0. The van der Waals surface area contributed by atoms with Crippen molar-refractivity contribution in [1.29, 1.82) is 0 Å². The van der Waals surface area contributed by atoms with Crippen molar-refractivity contribution in [3.05, 3.63) is 35.4 Å². The van der Waals surface area contributed by atoms with Gasteiger partial charge >= 0.3 is 6.18 Å². The molecule has 6 heteroatoms. The average molecular weight is 276 g/mol. The van der Waals surface area contributed by atoms with Crippen molar-refractivity contribution < 1.29 is 17.9 Å². The Labute approximate surface area is 110 Å². The van der Waals surface area contributed by atoms with Gasteiger partial charge in [0.25, 0.3) is 0 Å². The van der Waals surface area contributed by atoms with Crippen molar-refractivity contribution in [2.24, 2.45) is 5.84 Å². The van der Waals surface area contributed by atoms with Gasteiger partial charge in [-0.25, -0.2) is 0 Å². The lowest BCUT2D eigenvalue weighted by atomic mass is 9.87. The number of alkyl halides is 3. The van der Waals surface area contributed by atoms with Gasteiger partial charge < -0.3 is 4.74 Å². The summed E-state index contributed by atoms with van der Waals surface area (Å²) in [6.45, 7) is 3.69. The Morgan fingerprint density at radius 1 is 1.37 bits per heavy atom. The summed E-state index contributed by atoms with van der Waals surface area (Å²) in [5, 5.41) is 0. The SMILES string of the molecule is CCC(C)(OC)C(NN)c1cccc(C(F)(F)F)c1. The van der Waals surface area contributed by atoms with E-state index in [-0.39, 0.29) is 0 Å². The molecule has 1 aromatic carbocycles. The van der Waals surface area contributed by atoms with Crippen molar-refractivity contribution in [1.82, 2.24) is 5.43 Å². The van der Waals surface area contributed by atoms with Crippen LogP contribution in [0.5, 0.6) is 0 Å². The summed E-state index contributed by atoms with van der Waals surface area (Å²) in [4.78, 5) is 0. The van der Waals surface area contributed by atoms with E-state index in [1.165, 1.54) is 13.2 Å². The van der Waals surface area contributed by atoms with Crippen LogP contribution in [0.15, 0.2) is 24.3 Å². The largest absolute Gasteiger partial charge is 0.416 e. The van der Waals surface area contributed by atoms with Crippen molar-refractivity contribution in [3.8, 4) is 0 Å². The number of hydrazine groups is 1. The van der Waals surface area contributed by atoms with Crippen LogP contribution in [0.2, 0.25) is 0 Å². The maximum atomic E-state index is 12.7. The van der Waals surface area contributed by atoms with Crippen LogP contribution in [0, 0.1) is 0 Å². The molecule has 0 fully saturated rings. The van der Waals surface area contributed by atoms with E-state index in [2.05, 4.69) is 5.43 Å². The molecular weight excluding hydrogens is 257 g/mol. The lowest BCUT2D eigenvalue weighted by Gasteiger charge is -2.35. The Hall–Kier alpha value is -1.11. The van der Waals surface area contributed by atoms with Gasteiger partial charge in [-0.3, -0.25) is 11.3 Å². The smallest absolute Gasteiger partial charge is 0.376 e. The lowest BCUT2D eigenvalue weighted by molar-refractivity contribution is -0.137. The zero-order valence-electron chi connectivity index (χ0n) is 11.2. The van der Waals surface area contributed by atoms with E-state index in [0.29, 0.717) is 12.0 Å². The molecule has 2 atom stereocenters. The van der Waals surface area contributed by atoms with E-state index < -0.39 is 23.4 Å². The highest BCUT2D eigenvalue weighted by Gasteiger charge is 2.35. The molecule has 0 saturated carbocycles. The number of hydrogen-bond acceptors (Lipinski definition) is 3. The molecule has 0 bridgehead atoms. The highest BCUT2D eigenvalue weighted by molar-refractivity contribution is 5.29. The van der Waals surface area contributed by atoms with Gasteiger partial charge in [0.1, 0.15) is 0 Å². The number of halogens is 3. The van der Waals surface area contributed by atoms with Crippen molar-refractivity contribution >= 4 is 0 Å². The van der Waals surface area contributed by atoms with Gasteiger partial charge in [-0.2, -0.15) is 13.2 Å². The highest BCUT2D eigenvalue weighted by Crippen LogP contribution is 2.35. The Bertz CT molecular complexity index is 417. The summed E-state index contributed by atoms with van der Waals surface area (Å²) in [5.74, 6) is 5.49. The Kier molecular flexibility index (Phi) is 4.95. The van der Waals surface area contributed by atoms with Crippen molar-refractivity contribution in [2.75, 3.05) is 7.11 Å². The number of nitrogens with two attached hydrogens (primary N) is 1. The summed E-state index contributed by atoms with van der Waals surface area (Å²) in [6.07, 6.45) is -3.76. The monoisotopic (exact) mass is 276 g/mol. The Balaban J connectivity index is 3.20. The summed E-state index contributed by atoms with van der Waals surface area (Å²) in [6, 6.07) is 4.58. The second kappa shape index (κ2) is 5.90. The highest BCUT2D eigenvalue weighted by atomic mass is 19.4. The minimum absolute atomic E-state index is 0.448. The molecule has 1 rings (SSSR count). The van der Waals surface area contributed by atoms with Crippen LogP contribution >= 0.6 is 0 Å². The molecule has 0 aliphatic carbocycles. The third-order valence-corrected chi connectivity index (χ3v) is 3.49. The zero-order chi connectivity index (χ0) is 14.7. The number of hydrogen-bond donors (Lipinski definition) is 2. The van der Waals surface area contributed by atoms with E-state index in [9.17, 15) is 13.2 Å². The van der Waals surface area contributed by atoms with Gasteiger partial charge in [0.2, 0.25) is 0 Å². The molecule has 108 valence electrons. The minimum Gasteiger partial charge on any atom is -0.376 e. The fourth-order valence-corrected chi connectivity index (χ4v) is 1.99. The van der Waals surface area contributed by atoms with Gasteiger partial charge in [-0.15, -0.1) is 0 Å².